The average molecular weight is 254 g/mol. The Bertz CT molecular complexity index is 321. The molecule has 2 heterocycles. The topological polar surface area (TPSA) is 56.8 Å². The van der Waals surface area contributed by atoms with Gasteiger partial charge in [-0.3, -0.25) is 4.90 Å². The monoisotopic (exact) mass is 254 g/mol. The molecule has 0 aromatic carbocycles. The third kappa shape index (κ3) is 3.29. The molecule has 0 saturated carbocycles. The van der Waals surface area contributed by atoms with Crippen molar-refractivity contribution in [3.05, 3.63) is 12.4 Å². The summed E-state index contributed by atoms with van der Waals surface area (Å²) in [6.07, 6.45) is 3.73. The standard InChI is InChI=1S/C12H22N4O2/c1-12(2,3)18-11(17)16-8-6-15(7-9-16)10-13-4-5-14-10/h4-5,10,13-14H,6-9H2,1-3H3. The highest BCUT2D eigenvalue weighted by Crippen LogP contribution is 2.12. The summed E-state index contributed by atoms with van der Waals surface area (Å²) < 4.78 is 5.36. The molecule has 1 amide bonds. The van der Waals surface area contributed by atoms with Crippen LogP contribution in [0.1, 0.15) is 20.8 Å². The molecule has 0 radical (unpaired) electrons. The number of piperazine rings is 1. The number of amides is 1. The maximum Gasteiger partial charge on any atom is 0.410 e. The molecule has 0 unspecified atom stereocenters. The summed E-state index contributed by atoms with van der Waals surface area (Å²) in [5.74, 6) is 0. The Balaban J connectivity index is 1.77. The lowest BCUT2D eigenvalue weighted by molar-refractivity contribution is 0.00845. The number of rotatable bonds is 1. The molecule has 0 aliphatic carbocycles. The van der Waals surface area contributed by atoms with Gasteiger partial charge >= 0.3 is 6.09 Å². The van der Waals surface area contributed by atoms with Gasteiger partial charge in [0.25, 0.3) is 0 Å². The van der Waals surface area contributed by atoms with Gasteiger partial charge in [-0.2, -0.15) is 0 Å². The van der Waals surface area contributed by atoms with Crippen LogP contribution in [-0.4, -0.2) is 54.0 Å². The number of nitrogens with zero attached hydrogens (tertiary/aromatic N) is 2. The minimum atomic E-state index is -0.424. The number of nitrogens with one attached hydrogen (secondary N) is 2. The second-order valence-corrected chi connectivity index (χ2v) is 5.57. The van der Waals surface area contributed by atoms with Crippen LogP contribution in [0.5, 0.6) is 0 Å². The van der Waals surface area contributed by atoms with Gasteiger partial charge in [0.1, 0.15) is 5.60 Å². The normalized spacial score (nSPS) is 21.6. The minimum Gasteiger partial charge on any atom is -0.444 e. The number of hydrogen-bond acceptors (Lipinski definition) is 5. The van der Waals surface area contributed by atoms with Crippen LogP contribution in [0.4, 0.5) is 4.79 Å². The lowest BCUT2D eigenvalue weighted by atomic mass is 10.2. The zero-order chi connectivity index (χ0) is 13.2. The van der Waals surface area contributed by atoms with E-state index in [-0.39, 0.29) is 12.4 Å². The van der Waals surface area contributed by atoms with Crippen LogP contribution >= 0.6 is 0 Å². The van der Waals surface area contributed by atoms with Gasteiger partial charge in [-0.25, -0.2) is 4.79 Å². The van der Waals surface area contributed by atoms with Crippen molar-refractivity contribution in [3.63, 3.8) is 0 Å². The Morgan fingerprint density at radius 1 is 1.17 bits per heavy atom. The Morgan fingerprint density at radius 3 is 2.22 bits per heavy atom. The van der Waals surface area contributed by atoms with Crippen molar-refractivity contribution in [1.82, 2.24) is 20.4 Å². The molecule has 6 heteroatoms. The highest BCUT2D eigenvalue weighted by Gasteiger charge is 2.28. The van der Waals surface area contributed by atoms with E-state index in [1.165, 1.54) is 0 Å². The van der Waals surface area contributed by atoms with Gasteiger partial charge in [-0.1, -0.05) is 0 Å². The van der Waals surface area contributed by atoms with E-state index in [9.17, 15) is 4.79 Å². The first-order valence-corrected chi connectivity index (χ1v) is 6.35. The summed E-state index contributed by atoms with van der Waals surface area (Å²) in [5, 5.41) is 6.42. The van der Waals surface area contributed by atoms with Crippen molar-refractivity contribution in [2.75, 3.05) is 26.2 Å². The minimum absolute atomic E-state index is 0.158. The van der Waals surface area contributed by atoms with Crippen LogP contribution < -0.4 is 10.6 Å². The van der Waals surface area contributed by atoms with Gasteiger partial charge in [0.2, 0.25) is 0 Å². The molecule has 102 valence electrons. The zero-order valence-corrected chi connectivity index (χ0v) is 11.3. The molecule has 0 aromatic heterocycles. The highest BCUT2D eigenvalue weighted by molar-refractivity contribution is 5.68. The van der Waals surface area contributed by atoms with Crippen molar-refractivity contribution in [1.29, 1.82) is 0 Å². The molecule has 2 aliphatic heterocycles. The number of hydrogen-bond donors (Lipinski definition) is 2. The average Bonchev–Trinajstić information content (AvgIpc) is 2.80. The van der Waals surface area contributed by atoms with E-state index in [0.717, 1.165) is 13.1 Å². The second kappa shape index (κ2) is 5.06. The van der Waals surface area contributed by atoms with Crippen LogP contribution in [0.3, 0.4) is 0 Å². The van der Waals surface area contributed by atoms with Crippen molar-refractivity contribution >= 4 is 6.09 Å². The first kappa shape index (κ1) is 13.0. The molecular weight excluding hydrogens is 232 g/mol. The molecule has 18 heavy (non-hydrogen) atoms. The molecule has 1 saturated heterocycles. The third-order valence-corrected chi connectivity index (χ3v) is 2.92. The van der Waals surface area contributed by atoms with Crippen LogP contribution in [-0.2, 0) is 4.74 Å². The van der Waals surface area contributed by atoms with E-state index in [0.29, 0.717) is 13.1 Å². The fraction of sp³-hybridized carbons (Fsp3) is 0.750. The SMILES string of the molecule is CC(C)(C)OC(=O)N1CCN(C2NC=CN2)CC1. The maximum atomic E-state index is 11.9. The van der Waals surface area contributed by atoms with Crippen LogP contribution in [0, 0.1) is 0 Å². The van der Waals surface area contributed by atoms with Crippen molar-refractivity contribution in [2.45, 2.75) is 32.7 Å². The summed E-state index contributed by atoms with van der Waals surface area (Å²) in [6, 6.07) is 0. The van der Waals surface area contributed by atoms with Gasteiger partial charge in [0, 0.05) is 38.6 Å². The predicted molar refractivity (Wildman–Crippen MR) is 68.6 cm³/mol. The molecule has 0 spiro atoms. The summed E-state index contributed by atoms with van der Waals surface area (Å²) in [4.78, 5) is 15.9. The smallest absolute Gasteiger partial charge is 0.410 e. The lowest BCUT2D eigenvalue weighted by Gasteiger charge is -2.38. The van der Waals surface area contributed by atoms with Crippen molar-refractivity contribution in [3.8, 4) is 0 Å². The zero-order valence-electron chi connectivity index (χ0n) is 11.3. The summed E-state index contributed by atoms with van der Waals surface area (Å²) in [5.41, 5.74) is -0.424. The van der Waals surface area contributed by atoms with Crippen molar-refractivity contribution < 1.29 is 9.53 Å². The van der Waals surface area contributed by atoms with Gasteiger partial charge in [-0.15, -0.1) is 0 Å². The van der Waals surface area contributed by atoms with E-state index in [1.807, 2.05) is 33.2 Å². The molecule has 6 nitrogen and oxygen atoms in total. The van der Waals surface area contributed by atoms with Gasteiger partial charge in [0.05, 0.1) is 0 Å². The summed E-state index contributed by atoms with van der Waals surface area (Å²) in [7, 11) is 0. The number of carbonyl (C=O) groups is 1. The van der Waals surface area contributed by atoms with Crippen LogP contribution in [0.15, 0.2) is 12.4 Å². The van der Waals surface area contributed by atoms with Crippen molar-refractivity contribution in [2.24, 2.45) is 0 Å². The second-order valence-electron chi connectivity index (χ2n) is 5.57. The van der Waals surface area contributed by atoms with Crippen LogP contribution in [0.2, 0.25) is 0 Å². The quantitative estimate of drug-likeness (QED) is 0.713. The summed E-state index contributed by atoms with van der Waals surface area (Å²) in [6.45, 7) is 8.75. The fourth-order valence-electron chi connectivity index (χ4n) is 2.03. The largest absolute Gasteiger partial charge is 0.444 e. The number of ether oxygens (including phenoxy) is 1. The van der Waals surface area contributed by atoms with E-state index in [2.05, 4.69) is 15.5 Å². The van der Waals surface area contributed by atoms with E-state index < -0.39 is 5.60 Å². The Labute approximate surface area is 108 Å². The van der Waals surface area contributed by atoms with Crippen LogP contribution in [0.25, 0.3) is 0 Å². The van der Waals surface area contributed by atoms with E-state index >= 15 is 0 Å². The molecular formula is C12H22N4O2. The van der Waals surface area contributed by atoms with Gasteiger partial charge in [0.15, 0.2) is 6.29 Å². The van der Waals surface area contributed by atoms with E-state index in [4.69, 9.17) is 4.74 Å². The van der Waals surface area contributed by atoms with E-state index in [1.54, 1.807) is 4.90 Å². The first-order chi connectivity index (χ1) is 8.46. The molecule has 2 rings (SSSR count). The highest BCUT2D eigenvalue weighted by atomic mass is 16.6. The van der Waals surface area contributed by atoms with Gasteiger partial charge < -0.3 is 20.3 Å². The van der Waals surface area contributed by atoms with Gasteiger partial charge in [-0.05, 0) is 20.8 Å². The molecule has 2 N–H and O–H groups in total. The molecule has 2 aliphatic rings. The molecule has 0 bridgehead atoms. The molecule has 0 aromatic rings. The third-order valence-electron chi connectivity index (χ3n) is 2.92. The summed E-state index contributed by atoms with van der Waals surface area (Å²) >= 11 is 0. The Kier molecular flexibility index (Phi) is 3.65. The molecule has 0 atom stereocenters. The Morgan fingerprint density at radius 2 is 1.72 bits per heavy atom. The Hall–Kier alpha value is -1.43. The predicted octanol–water partition coefficient (Wildman–Crippen LogP) is 0.487. The number of carbonyl (C=O) groups excluding carboxylic acids is 1. The molecule has 1 fully saturated rings. The maximum absolute atomic E-state index is 11.9. The lowest BCUT2D eigenvalue weighted by Crippen LogP contribution is -2.57. The first-order valence-electron chi connectivity index (χ1n) is 6.35. The fourth-order valence-corrected chi connectivity index (χ4v) is 2.03.